The molecule has 0 atom stereocenters. The minimum Gasteiger partial charge on any atom is -0.508 e. The maximum atomic E-state index is 10.2. The normalized spacial score (nSPS) is 11.7. The van der Waals surface area contributed by atoms with E-state index in [1.807, 2.05) is 31.2 Å². The van der Waals surface area contributed by atoms with Gasteiger partial charge in [0.05, 0.1) is 0 Å². The lowest BCUT2D eigenvalue weighted by Crippen LogP contribution is -2.11. The van der Waals surface area contributed by atoms with Crippen LogP contribution < -0.4 is 0 Å². The second kappa shape index (κ2) is 6.12. The van der Waals surface area contributed by atoms with Crippen molar-refractivity contribution in [2.45, 2.75) is 42.9 Å². The second-order valence-corrected chi connectivity index (χ2v) is 8.08. The molecule has 0 unspecified atom stereocenters. The predicted octanol–water partition coefficient (Wildman–Crippen LogP) is 6.46. The molecule has 0 aliphatic heterocycles. The molecule has 0 spiro atoms. The van der Waals surface area contributed by atoms with Gasteiger partial charge in [0.1, 0.15) is 5.75 Å². The van der Waals surface area contributed by atoms with Gasteiger partial charge in [-0.15, -0.1) is 0 Å². The molecule has 0 bridgehead atoms. The van der Waals surface area contributed by atoms with Gasteiger partial charge in [0, 0.05) is 25.4 Å². The first-order valence-electron chi connectivity index (χ1n) is 6.65. The summed E-state index contributed by atoms with van der Waals surface area (Å²) in [5.74, 6) is 0.341. The molecule has 2 aromatic carbocycles. The van der Waals surface area contributed by atoms with Gasteiger partial charge < -0.3 is 5.11 Å². The molecule has 0 radical (unpaired) electrons. The average Bonchev–Trinajstić information content (AvgIpc) is 2.29. The molecule has 0 saturated heterocycles. The number of phenolic OH excluding ortho intramolecular Hbond substituents is 1. The maximum absolute atomic E-state index is 10.2. The Morgan fingerprint density at radius 1 is 0.952 bits per heavy atom. The van der Waals surface area contributed by atoms with Crippen molar-refractivity contribution in [3.63, 3.8) is 0 Å². The average molecular weight is 341 g/mol. The summed E-state index contributed by atoms with van der Waals surface area (Å²) >= 11 is 13.7. The Morgan fingerprint density at radius 3 is 2.05 bits per heavy atom. The van der Waals surface area contributed by atoms with E-state index in [1.54, 1.807) is 17.8 Å². The van der Waals surface area contributed by atoms with Crippen LogP contribution in [0.15, 0.2) is 40.1 Å². The van der Waals surface area contributed by atoms with Crippen molar-refractivity contribution >= 4 is 35.0 Å². The number of halogens is 2. The standard InChI is InChI=1S/C17H18Cl2OS/c1-10-5-15(20)14(17(2,3)4)9-16(10)21-13-7-11(18)6-12(19)8-13/h5-9,20H,1-4H3. The molecule has 0 aromatic heterocycles. The number of phenols is 1. The molecule has 0 aliphatic carbocycles. The monoisotopic (exact) mass is 340 g/mol. The number of hydrogen-bond donors (Lipinski definition) is 1. The first-order valence-corrected chi connectivity index (χ1v) is 8.22. The molecule has 21 heavy (non-hydrogen) atoms. The van der Waals surface area contributed by atoms with E-state index in [-0.39, 0.29) is 5.41 Å². The van der Waals surface area contributed by atoms with Crippen molar-refractivity contribution < 1.29 is 5.11 Å². The summed E-state index contributed by atoms with van der Waals surface area (Å²) < 4.78 is 0. The van der Waals surface area contributed by atoms with Crippen LogP contribution in [0.3, 0.4) is 0 Å². The molecular weight excluding hydrogens is 323 g/mol. The number of aromatic hydroxyl groups is 1. The fourth-order valence-electron chi connectivity index (χ4n) is 2.10. The van der Waals surface area contributed by atoms with E-state index in [9.17, 15) is 5.11 Å². The van der Waals surface area contributed by atoms with Crippen molar-refractivity contribution in [3.05, 3.63) is 51.5 Å². The van der Waals surface area contributed by atoms with Crippen molar-refractivity contribution in [2.75, 3.05) is 0 Å². The smallest absolute Gasteiger partial charge is 0.119 e. The number of benzene rings is 2. The summed E-state index contributed by atoms with van der Waals surface area (Å²) in [5.41, 5.74) is 1.85. The van der Waals surface area contributed by atoms with E-state index in [4.69, 9.17) is 23.2 Å². The van der Waals surface area contributed by atoms with Gasteiger partial charge in [-0.3, -0.25) is 0 Å². The summed E-state index contributed by atoms with van der Waals surface area (Å²) in [6.45, 7) is 8.24. The molecule has 112 valence electrons. The van der Waals surface area contributed by atoms with Gasteiger partial charge in [0.25, 0.3) is 0 Å². The second-order valence-electron chi connectivity index (χ2n) is 6.09. The maximum Gasteiger partial charge on any atom is 0.119 e. The lowest BCUT2D eigenvalue weighted by molar-refractivity contribution is 0.445. The van der Waals surface area contributed by atoms with Crippen LogP contribution in [-0.4, -0.2) is 5.11 Å². The number of aryl methyl sites for hydroxylation is 1. The van der Waals surface area contributed by atoms with Crippen molar-refractivity contribution in [1.82, 2.24) is 0 Å². The van der Waals surface area contributed by atoms with Gasteiger partial charge >= 0.3 is 0 Å². The predicted molar refractivity (Wildman–Crippen MR) is 92.1 cm³/mol. The zero-order valence-electron chi connectivity index (χ0n) is 12.5. The third kappa shape index (κ3) is 4.09. The number of hydrogen-bond acceptors (Lipinski definition) is 2. The van der Waals surface area contributed by atoms with Crippen LogP contribution in [0.2, 0.25) is 10.0 Å². The molecule has 4 heteroatoms. The lowest BCUT2D eigenvalue weighted by atomic mass is 9.86. The van der Waals surface area contributed by atoms with Crippen molar-refractivity contribution in [1.29, 1.82) is 0 Å². The lowest BCUT2D eigenvalue weighted by Gasteiger charge is -2.22. The Kier molecular flexibility index (Phi) is 4.82. The Balaban J connectivity index is 2.44. The van der Waals surface area contributed by atoms with Crippen LogP contribution in [-0.2, 0) is 5.41 Å². The molecular formula is C17H18Cl2OS. The van der Waals surface area contributed by atoms with Crippen LogP contribution in [0.4, 0.5) is 0 Å². The summed E-state index contributed by atoms with van der Waals surface area (Å²) in [6, 6.07) is 9.36. The number of rotatable bonds is 2. The van der Waals surface area contributed by atoms with Crippen molar-refractivity contribution in [2.24, 2.45) is 0 Å². The van der Waals surface area contributed by atoms with Crippen molar-refractivity contribution in [3.8, 4) is 5.75 Å². The van der Waals surface area contributed by atoms with Gasteiger partial charge in [-0.25, -0.2) is 0 Å². The molecule has 0 heterocycles. The first-order chi connectivity index (χ1) is 9.66. The van der Waals surface area contributed by atoms with Gasteiger partial charge in [-0.1, -0.05) is 55.7 Å². The molecule has 0 fully saturated rings. The van der Waals surface area contributed by atoms with E-state index < -0.39 is 0 Å². The third-order valence-corrected chi connectivity index (χ3v) is 4.73. The first kappa shape index (κ1) is 16.5. The van der Waals surface area contributed by atoms with Gasteiger partial charge in [0.15, 0.2) is 0 Å². The molecule has 0 amide bonds. The largest absolute Gasteiger partial charge is 0.508 e. The Labute approximate surface area is 140 Å². The van der Waals surface area contributed by atoms with Crippen LogP contribution >= 0.6 is 35.0 Å². The zero-order chi connectivity index (χ0) is 15.8. The molecule has 2 aromatic rings. The van der Waals surface area contributed by atoms with E-state index >= 15 is 0 Å². The highest BCUT2D eigenvalue weighted by molar-refractivity contribution is 7.99. The van der Waals surface area contributed by atoms with Crippen LogP contribution in [0.25, 0.3) is 0 Å². The van der Waals surface area contributed by atoms with Gasteiger partial charge in [-0.05, 0) is 48.2 Å². The SMILES string of the molecule is Cc1cc(O)c(C(C)(C)C)cc1Sc1cc(Cl)cc(Cl)c1. The summed E-state index contributed by atoms with van der Waals surface area (Å²) in [6.07, 6.45) is 0. The van der Waals surface area contributed by atoms with E-state index in [0.717, 1.165) is 20.9 Å². The van der Waals surface area contributed by atoms with Crippen LogP contribution in [0.1, 0.15) is 31.9 Å². The highest BCUT2D eigenvalue weighted by Gasteiger charge is 2.20. The fraction of sp³-hybridized carbons (Fsp3) is 0.294. The molecule has 2 rings (SSSR count). The quantitative estimate of drug-likeness (QED) is 0.677. The van der Waals surface area contributed by atoms with E-state index in [2.05, 4.69) is 20.8 Å². The Bertz CT molecular complexity index is 655. The summed E-state index contributed by atoms with van der Waals surface area (Å²) in [5, 5.41) is 11.4. The fourth-order valence-corrected chi connectivity index (χ4v) is 3.78. The van der Waals surface area contributed by atoms with Gasteiger partial charge in [-0.2, -0.15) is 0 Å². The summed E-state index contributed by atoms with van der Waals surface area (Å²) in [4.78, 5) is 2.08. The topological polar surface area (TPSA) is 20.2 Å². The minimum absolute atomic E-state index is 0.112. The van der Waals surface area contributed by atoms with E-state index in [1.165, 1.54) is 0 Å². The Hall–Kier alpha value is -0.830. The molecule has 1 N–H and O–H groups in total. The zero-order valence-corrected chi connectivity index (χ0v) is 14.8. The highest BCUT2D eigenvalue weighted by Crippen LogP contribution is 2.39. The molecule has 0 aliphatic rings. The molecule has 1 nitrogen and oxygen atoms in total. The molecule has 0 saturated carbocycles. The minimum atomic E-state index is -0.112. The summed E-state index contributed by atoms with van der Waals surface area (Å²) in [7, 11) is 0. The van der Waals surface area contributed by atoms with Crippen LogP contribution in [0.5, 0.6) is 5.75 Å². The van der Waals surface area contributed by atoms with Crippen LogP contribution in [0, 0.1) is 6.92 Å². The Morgan fingerprint density at radius 2 is 1.52 bits per heavy atom. The highest BCUT2D eigenvalue weighted by atomic mass is 35.5. The third-order valence-electron chi connectivity index (χ3n) is 3.17. The van der Waals surface area contributed by atoms with E-state index in [0.29, 0.717) is 15.8 Å². The van der Waals surface area contributed by atoms with Gasteiger partial charge in [0.2, 0.25) is 0 Å².